The summed E-state index contributed by atoms with van der Waals surface area (Å²) in [6.07, 6.45) is 0.794. The Morgan fingerprint density at radius 1 is 1.11 bits per heavy atom. The molecule has 0 heterocycles. The van der Waals surface area contributed by atoms with Crippen LogP contribution in [-0.2, 0) is 13.0 Å². The van der Waals surface area contributed by atoms with E-state index in [9.17, 15) is 4.39 Å². The molecule has 2 aromatic carbocycles. The zero-order valence-electron chi connectivity index (χ0n) is 10.4. The zero-order chi connectivity index (χ0) is 13.7. The fraction of sp³-hybridized carbons (Fsp3) is 0.200. The molecule has 2 nitrogen and oxygen atoms in total. The first-order valence-corrected chi connectivity index (χ1v) is 6.84. The van der Waals surface area contributed by atoms with E-state index in [-0.39, 0.29) is 11.6 Å². The molecule has 0 aliphatic carbocycles. The molecule has 0 aromatic heterocycles. The van der Waals surface area contributed by atoms with Crippen LogP contribution in [0.3, 0.4) is 0 Å². The summed E-state index contributed by atoms with van der Waals surface area (Å²) in [4.78, 5) is 0. The number of hydrogen-bond donors (Lipinski definition) is 1. The van der Waals surface area contributed by atoms with Crippen LogP contribution < -0.4 is 10.5 Å². The third-order valence-electron chi connectivity index (χ3n) is 2.81. The third-order valence-corrected chi connectivity index (χ3v) is 3.30. The van der Waals surface area contributed by atoms with E-state index in [4.69, 9.17) is 10.5 Å². The normalized spacial score (nSPS) is 10.5. The van der Waals surface area contributed by atoms with Crippen LogP contribution in [0.1, 0.15) is 11.1 Å². The van der Waals surface area contributed by atoms with Crippen LogP contribution >= 0.6 is 15.9 Å². The van der Waals surface area contributed by atoms with Crippen molar-refractivity contribution in [3.63, 3.8) is 0 Å². The van der Waals surface area contributed by atoms with Crippen LogP contribution in [0.25, 0.3) is 0 Å². The molecule has 0 spiro atoms. The van der Waals surface area contributed by atoms with Gasteiger partial charge in [0.2, 0.25) is 0 Å². The summed E-state index contributed by atoms with van der Waals surface area (Å²) in [7, 11) is 0. The molecule has 0 atom stereocenters. The predicted octanol–water partition coefficient (Wildman–Crippen LogP) is 3.67. The molecule has 2 aromatic rings. The van der Waals surface area contributed by atoms with Crippen molar-refractivity contribution >= 4 is 15.9 Å². The number of halogens is 2. The van der Waals surface area contributed by atoms with E-state index in [0.717, 1.165) is 17.5 Å². The van der Waals surface area contributed by atoms with Crippen LogP contribution in [0.4, 0.5) is 4.39 Å². The predicted molar refractivity (Wildman–Crippen MR) is 77.6 cm³/mol. The maximum absolute atomic E-state index is 13.6. The average Bonchev–Trinajstić information content (AvgIpc) is 2.40. The van der Waals surface area contributed by atoms with Gasteiger partial charge in [0.25, 0.3) is 0 Å². The van der Waals surface area contributed by atoms with Crippen molar-refractivity contribution in [2.75, 3.05) is 6.54 Å². The van der Waals surface area contributed by atoms with Crippen LogP contribution in [-0.4, -0.2) is 6.54 Å². The largest absolute Gasteiger partial charge is 0.486 e. The molecule has 2 rings (SSSR count). The van der Waals surface area contributed by atoms with Crippen molar-refractivity contribution < 1.29 is 9.13 Å². The summed E-state index contributed by atoms with van der Waals surface area (Å²) in [6.45, 7) is 0.929. The van der Waals surface area contributed by atoms with Crippen LogP contribution in [0.15, 0.2) is 46.9 Å². The van der Waals surface area contributed by atoms with E-state index in [2.05, 4.69) is 15.9 Å². The summed E-state index contributed by atoms with van der Waals surface area (Å²) in [5.41, 5.74) is 7.75. The second kappa shape index (κ2) is 6.68. The lowest BCUT2D eigenvalue weighted by Crippen LogP contribution is -2.07. The Morgan fingerprint density at radius 2 is 1.84 bits per heavy atom. The van der Waals surface area contributed by atoms with E-state index >= 15 is 0 Å². The van der Waals surface area contributed by atoms with Gasteiger partial charge < -0.3 is 10.5 Å². The SMILES string of the molecule is NCCc1ccccc1COc1ccc(Br)cc1F. The molecular formula is C15H15BrFNO. The number of nitrogens with two attached hydrogens (primary N) is 1. The van der Waals surface area contributed by atoms with Gasteiger partial charge in [0.05, 0.1) is 0 Å². The maximum atomic E-state index is 13.6. The van der Waals surface area contributed by atoms with Crippen LogP contribution in [0.2, 0.25) is 0 Å². The summed E-state index contributed by atoms with van der Waals surface area (Å²) < 4.78 is 19.9. The topological polar surface area (TPSA) is 35.2 Å². The first-order valence-electron chi connectivity index (χ1n) is 6.05. The fourth-order valence-corrected chi connectivity index (χ4v) is 2.18. The average molecular weight is 324 g/mol. The van der Waals surface area contributed by atoms with E-state index in [1.165, 1.54) is 6.07 Å². The molecular weight excluding hydrogens is 309 g/mol. The summed E-state index contributed by atoms with van der Waals surface area (Å²) in [6, 6.07) is 12.7. The Morgan fingerprint density at radius 3 is 2.53 bits per heavy atom. The fourth-order valence-electron chi connectivity index (χ4n) is 1.85. The molecule has 0 amide bonds. The van der Waals surface area contributed by atoms with Gasteiger partial charge in [0.15, 0.2) is 11.6 Å². The highest BCUT2D eigenvalue weighted by atomic mass is 79.9. The van der Waals surface area contributed by atoms with Crippen molar-refractivity contribution in [2.45, 2.75) is 13.0 Å². The molecule has 100 valence electrons. The molecule has 0 saturated heterocycles. The molecule has 0 saturated carbocycles. The van der Waals surface area contributed by atoms with E-state index in [1.54, 1.807) is 12.1 Å². The van der Waals surface area contributed by atoms with E-state index in [1.807, 2.05) is 24.3 Å². The van der Waals surface area contributed by atoms with Crippen molar-refractivity contribution in [3.8, 4) is 5.75 Å². The van der Waals surface area contributed by atoms with Gasteiger partial charge >= 0.3 is 0 Å². The third kappa shape index (κ3) is 3.78. The van der Waals surface area contributed by atoms with Crippen molar-refractivity contribution in [1.29, 1.82) is 0 Å². The highest BCUT2D eigenvalue weighted by molar-refractivity contribution is 9.10. The molecule has 0 radical (unpaired) electrons. The van der Waals surface area contributed by atoms with Gasteiger partial charge in [-0.2, -0.15) is 0 Å². The first kappa shape index (κ1) is 14.0. The Bertz CT molecular complexity index is 560. The Kier molecular flexibility index (Phi) is 4.93. The van der Waals surface area contributed by atoms with Crippen LogP contribution in [0, 0.1) is 5.82 Å². The van der Waals surface area contributed by atoms with Gasteiger partial charge in [-0.25, -0.2) is 4.39 Å². The minimum Gasteiger partial charge on any atom is -0.486 e. The number of hydrogen-bond acceptors (Lipinski definition) is 2. The minimum absolute atomic E-state index is 0.255. The maximum Gasteiger partial charge on any atom is 0.166 e. The molecule has 0 bridgehead atoms. The van der Waals surface area contributed by atoms with E-state index in [0.29, 0.717) is 17.6 Å². The second-order valence-corrected chi connectivity index (χ2v) is 5.09. The lowest BCUT2D eigenvalue weighted by Gasteiger charge is -2.11. The van der Waals surface area contributed by atoms with Gasteiger partial charge in [-0.1, -0.05) is 40.2 Å². The Balaban J connectivity index is 2.10. The Labute approximate surface area is 120 Å². The highest BCUT2D eigenvalue weighted by Gasteiger charge is 2.06. The smallest absolute Gasteiger partial charge is 0.166 e. The zero-order valence-corrected chi connectivity index (χ0v) is 12.0. The molecule has 19 heavy (non-hydrogen) atoms. The lowest BCUT2D eigenvalue weighted by molar-refractivity contribution is 0.289. The summed E-state index contributed by atoms with van der Waals surface area (Å²) in [5.74, 6) is -0.114. The molecule has 2 N–H and O–H groups in total. The number of benzene rings is 2. The van der Waals surface area contributed by atoms with Crippen molar-refractivity contribution in [1.82, 2.24) is 0 Å². The van der Waals surface area contributed by atoms with Crippen molar-refractivity contribution in [3.05, 3.63) is 63.9 Å². The first-order chi connectivity index (χ1) is 9.20. The minimum atomic E-state index is -0.370. The lowest BCUT2D eigenvalue weighted by atomic mass is 10.1. The van der Waals surface area contributed by atoms with E-state index < -0.39 is 0 Å². The molecule has 0 aliphatic heterocycles. The monoisotopic (exact) mass is 323 g/mol. The second-order valence-electron chi connectivity index (χ2n) is 4.17. The quantitative estimate of drug-likeness (QED) is 0.911. The van der Waals surface area contributed by atoms with Gasteiger partial charge in [-0.15, -0.1) is 0 Å². The summed E-state index contributed by atoms with van der Waals surface area (Å²) >= 11 is 3.22. The van der Waals surface area contributed by atoms with Gasteiger partial charge in [-0.3, -0.25) is 0 Å². The summed E-state index contributed by atoms with van der Waals surface area (Å²) in [5, 5.41) is 0. The highest BCUT2D eigenvalue weighted by Crippen LogP contribution is 2.23. The molecule has 0 fully saturated rings. The molecule has 0 aliphatic rings. The molecule has 0 unspecified atom stereocenters. The Hall–Kier alpha value is -1.39. The van der Waals surface area contributed by atoms with Gasteiger partial charge in [0, 0.05) is 4.47 Å². The van der Waals surface area contributed by atoms with Gasteiger partial charge in [0.1, 0.15) is 6.61 Å². The number of rotatable bonds is 5. The van der Waals surface area contributed by atoms with Crippen molar-refractivity contribution in [2.24, 2.45) is 5.73 Å². The molecule has 4 heteroatoms. The standard InChI is InChI=1S/C15H15BrFNO/c16-13-5-6-15(14(17)9-13)19-10-12-4-2-1-3-11(12)7-8-18/h1-6,9H,7-8,10,18H2. The number of ether oxygens (including phenoxy) is 1. The van der Waals surface area contributed by atoms with Gasteiger partial charge in [-0.05, 0) is 42.3 Å². The van der Waals surface area contributed by atoms with Crippen LogP contribution in [0.5, 0.6) is 5.75 Å².